The van der Waals surface area contributed by atoms with Crippen LogP contribution in [-0.4, -0.2) is 0 Å². The number of rotatable bonds is 10. The molecule has 0 unspecified atom stereocenters. The Hall–Kier alpha value is -6.38. The predicted molar refractivity (Wildman–Crippen MR) is 235 cm³/mol. The third kappa shape index (κ3) is 8.30. The highest BCUT2D eigenvalue weighted by Crippen LogP contribution is 2.38. The predicted octanol–water partition coefficient (Wildman–Crippen LogP) is 14.8. The molecule has 7 aromatic carbocycles. The van der Waals surface area contributed by atoms with Gasteiger partial charge in [0.05, 0.1) is 0 Å². The molecule has 0 saturated heterocycles. The first-order chi connectivity index (χ1) is 26.2. The molecule has 0 saturated carbocycles. The molecule has 0 amide bonds. The third-order valence-electron chi connectivity index (χ3n) is 9.94. The molecule has 0 radical (unpaired) electrons. The average Bonchev–Trinajstić information content (AvgIpc) is 3.15. The molecule has 2 heteroatoms. The summed E-state index contributed by atoms with van der Waals surface area (Å²) >= 11 is 0. The van der Waals surface area contributed by atoms with Gasteiger partial charge < -0.3 is 9.80 Å². The van der Waals surface area contributed by atoms with E-state index < -0.39 is 0 Å². The van der Waals surface area contributed by atoms with E-state index in [4.69, 9.17) is 0 Å². The molecular formula is C52H48N2. The van der Waals surface area contributed by atoms with Crippen molar-refractivity contribution < 1.29 is 0 Å². The van der Waals surface area contributed by atoms with Crippen LogP contribution in [0.4, 0.5) is 34.1 Å². The number of benzene rings is 7. The summed E-state index contributed by atoms with van der Waals surface area (Å²) < 4.78 is 0. The Morgan fingerprint density at radius 2 is 0.574 bits per heavy atom. The first-order valence-electron chi connectivity index (χ1n) is 18.8. The van der Waals surface area contributed by atoms with Crippen LogP contribution in [-0.2, 0) is 0 Å². The molecule has 0 aliphatic heterocycles. The largest absolute Gasteiger partial charge is 0.310 e. The molecule has 0 atom stereocenters. The number of anilines is 6. The van der Waals surface area contributed by atoms with Crippen molar-refractivity contribution in [2.24, 2.45) is 0 Å². The van der Waals surface area contributed by atoms with Gasteiger partial charge in [0.25, 0.3) is 0 Å². The van der Waals surface area contributed by atoms with Crippen LogP contribution in [0.5, 0.6) is 0 Å². The standard InChI is InChI=1S/C52H48N2/c1-37-13-9-19-47(31-37)53(48-20-10-14-38(2)32-48)51-29-27-43(41(5)35-51)23-25-45-17-7-8-18-46(45)26-24-44-28-30-52(36-42(44)6)54(49-21-11-15-39(3)33-49)50-22-12-16-40(4)34-50/h7-36H,1-6H3. The summed E-state index contributed by atoms with van der Waals surface area (Å²) in [5, 5.41) is 0. The Balaban J connectivity index is 1.14. The SMILES string of the molecule is Cc1cccc(N(c2cccc(C)c2)c2ccc(C=Cc3ccccc3C=Cc3ccc(N(c4cccc(C)c4)c4cccc(C)c4)cc3C)c(C)c2)c1. The molecule has 7 rings (SSSR count). The Bertz CT molecular complexity index is 2220. The van der Waals surface area contributed by atoms with E-state index in [9.17, 15) is 0 Å². The van der Waals surface area contributed by atoms with E-state index in [0.29, 0.717) is 0 Å². The molecule has 7 aromatic rings. The van der Waals surface area contributed by atoms with Gasteiger partial charge >= 0.3 is 0 Å². The van der Waals surface area contributed by atoms with E-state index in [-0.39, 0.29) is 0 Å². The molecule has 0 aliphatic rings. The van der Waals surface area contributed by atoms with Crippen molar-refractivity contribution in [3.63, 3.8) is 0 Å². The van der Waals surface area contributed by atoms with Crippen molar-refractivity contribution in [1.29, 1.82) is 0 Å². The molecule has 0 aromatic heterocycles. The van der Waals surface area contributed by atoms with E-state index in [1.54, 1.807) is 0 Å². The van der Waals surface area contributed by atoms with Crippen LogP contribution in [0.25, 0.3) is 24.3 Å². The summed E-state index contributed by atoms with van der Waals surface area (Å²) in [7, 11) is 0. The van der Waals surface area contributed by atoms with Crippen LogP contribution < -0.4 is 9.80 Å². The van der Waals surface area contributed by atoms with E-state index in [1.807, 2.05) is 0 Å². The fourth-order valence-corrected chi connectivity index (χ4v) is 7.11. The number of aryl methyl sites for hydroxylation is 6. The van der Waals surface area contributed by atoms with E-state index in [0.717, 1.165) is 34.1 Å². The minimum absolute atomic E-state index is 1.14. The van der Waals surface area contributed by atoms with Crippen molar-refractivity contribution in [3.05, 3.63) is 213 Å². The van der Waals surface area contributed by atoms with Gasteiger partial charge in [0.1, 0.15) is 0 Å². The molecule has 0 fully saturated rings. The Labute approximate surface area is 322 Å². The number of hydrogen-bond acceptors (Lipinski definition) is 2. The maximum atomic E-state index is 2.35. The highest BCUT2D eigenvalue weighted by Gasteiger charge is 2.15. The lowest BCUT2D eigenvalue weighted by atomic mass is 10.0. The normalized spacial score (nSPS) is 11.4. The maximum absolute atomic E-state index is 2.35. The molecule has 0 spiro atoms. The lowest BCUT2D eigenvalue weighted by molar-refractivity contribution is 1.25. The highest BCUT2D eigenvalue weighted by atomic mass is 15.1. The molecular weight excluding hydrogens is 653 g/mol. The molecule has 266 valence electrons. The fraction of sp³-hybridized carbons (Fsp3) is 0.115. The van der Waals surface area contributed by atoms with E-state index in [1.165, 1.54) is 55.6 Å². The van der Waals surface area contributed by atoms with Gasteiger partial charge in [-0.1, -0.05) is 109 Å². The lowest BCUT2D eigenvalue weighted by Crippen LogP contribution is -2.10. The van der Waals surface area contributed by atoms with Gasteiger partial charge in [-0.15, -0.1) is 0 Å². The summed E-state index contributed by atoms with van der Waals surface area (Å²) in [4.78, 5) is 4.69. The first-order valence-corrected chi connectivity index (χ1v) is 18.8. The smallest absolute Gasteiger partial charge is 0.0464 e. The molecule has 0 aliphatic carbocycles. The number of nitrogens with zero attached hydrogens (tertiary/aromatic N) is 2. The number of hydrogen-bond donors (Lipinski definition) is 0. The quantitative estimate of drug-likeness (QED) is 0.131. The molecule has 0 heterocycles. The summed E-state index contributed by atoms with van der Waals surface area (Å²) in [5.41, 5.74) is 19.1. The van der Waals surface area contributed by atoms with Gasteiger partial charge in [-0.2, -0.15) is 0 Å². The summed E-state index contributed by atoms with van der Waals surface area (Å²) in [6.45, 7) is 13.0. The maximum Gasteiger partial charge on any atom is 0.0464 e. The van der Waals surface area contributed by atoms with Gasteiger partial charge in [-0.25, -0.2) is 0 Å². The van der Waals surface area contributed by atoms with Crippen LogP contribution in [0.3, 0.4) is 0 Å². The zero-order chi connectivity index (χ0) is 37.6. The zero-order valence-corrected chi connectivity index (χ0v) is 32.2. The average molecular weight is 701 g/mol. The summed E-state index contributed by atoms with van der Waals surface area (Å²) in [5.74, 6) is 0. The topological polar surface area (TPSA) is 6.48 Å². The Kier molecular flexibility index (Phi) is 10.7. The van der Waals surface area contributed by atoms with Gasteiger partial charge in [0, 0.05) is 34.1 Å². The minimum atomic E-state index is 1.14. The van der Waals surface area contributed by atoms with Crippen molar-refractivity contribution >= 4 is 58.4 Å². The summed E-state index contributed by atoms with van der Waals surface area (Å²) in [6.07, 6.45) is 8.94. The van der Waals surface area contributed by atoms with Gasteiger partial charge in [0.2, 0.25) is 0 Å². The Morgan fingerprint density at radius 3 is 0.870 bits per heavy atom. The van der Waals surface area contributed by atoms with Crippen molar-refractivity contribution in [2.45, 2.75) is 41.5 Å². The fourth-order valence-electron chi connectivity index (χ4n) is 7.11. The second-order valence-electron chi connectivity index (χ2n) is 14.4. The molecule has 0 N–H and O–H groups in total. The Morgan fingerprint density at radius 1 is 0.278 bits per heavy atom. The van der Waals surface area contributed by atoms with Gasteiger partial charge in [-0.05, 0) is 170 Å². The van der Waals surface area contributed by atoms with Gasteiger partial charge in [0.15, 0.2) is 0 Å². The third-order valence-corrected chi connectivity index (χ3v) is 9.94. The van der Waals surface area contributed by atoms with Crippen LogP contribution in [0, 0.1) is 41.5 Å². The second kappa shape index (κ2) is 16.1. The first kappa shape index (κ1) is 36.0. The second-order valence-corrected chi connectivity index (χ2v) is 14.4. The van der Waals surface area contributed by atoms with Crippen molar-refractivity contribution in [3.8, 4) is 0 Å². The zero-order valence-electron chi connectivity index (χ0n) is 32.2. The van der Waals surface area contributed by atoms with E-state index in [2.05, 4.69) is 233 Å². The molecule has 54 heavy (non-hydrogen) atoms. The lowest BCUT2D eigenvalue weighted by Gasteiger charge is -2.26. The summed E-state index contributed by atoms with van der Waals surface area (Å²) in [6, 6.07) is 57.0. The molecule has 2 nitrogen and oxygen atoms in total. The van der Waals surface area contributed by atoms with Crippen LogP contribution in [0.1, 0.15) is 55.6 Å². The van der Waals surface area contributed by atoms with Crippen LogP contribution in [0.2, 0.25) is 0 Å². The van der Waals surface area contributed by atoms with Gasteiger partial charge in [-0.3, -0.25) is 0 Å². The highest BCUT2D eigenvalue weighted by molar-refractivity contribution is 5.84. The molecule has 0 bridgehead atoms. The van der Waals surface area contributed by atoms with Crippen molar-refractivity contribution in [2.75, 3.05) is 9.80 Å². The van der Waals surface area contributed by atoms with Crippen LogP contribution in [0.15, 0.2) is 158 Å². The van der Waals surface area contributed by atoms with E-state index >= 15 is 0 Å². The monoisotopic (exact) mass is 700 g/mol. The minimum Gasteiger partial charge on any atom is -0.310 e. The van der Waals surface area contributed by atoms with Crippen LogP contribution >= 0.6 is 0 Å². The van der Waals surface area contributed by atoms with Crippen molar-refractivity contribution in [1.82, 2.24) is 0 Å².